The Kier molecular flexibility index (Phi) is 3.34. The SMILES string of the molecule is COC(=O)C1(C2(C3CCN(C)CC3)COC2)CCC1. The summed E-state index contributed by atoms with van der Waals surface area (Å²) in [7, 11) is 3.71. The average Bonchev–Trinajstić information content (AvgIpc) is 2.32. The molecule has 3 fully saturated rings. The van der Waals surface area contributed by atoms with E-state index < -0.39 is 0 Å². The van der Waals surface area contributed by atoms with E-state index in [1.54, 1.807) is 0 Å². The molecule has 108 valence electrons. The number of rotatable bonds is 3. The van der Waals surface area contributed by atoms with Gasteiger partial charge in [-0.15, -0.1) is 0 Å². The van der Waals surface area contributed by atoms with Crippen molar-refractivity contribution in [2.45, 2.75) is 32.1 Å². The lowest BCUT2D eigenvalue weighted by atomic mass is 9.47. The van der Waals surface area contributed by atoms with Gasteiger partial charge in [0.25, 0.3) is 0 Å². The van der Waals surface area contributed by atoms with Crippen LogP contribution in [0.2, 0.25) is 0 Å². The van der Waals surface area contributed by atoms with Crippen LogP contribution in [0, 0.1) is 16.7 Å². The van der Waals surface area contributed by atoms with Gasteiger partial charge in [0.1, 0.15) is 0 Å². The molecule has 4 heteroatoms. The standard InChI is InChI=1S/C15H25NO3/c1-16-8-4-12(5-9-16)15(10-19-11-15)14(6-3-7-14)13(17)18-2/h12H,3-11H2,1-2H3. The van der Waals surface area contributed by atoms with Crippen molar-refractivity contribution >= 4 is 5.97 Å². The molecule has 0 N–H and O–H groups in total. The van der Waals surface area contributed by atoms with Crippen molar-refractivity contribution in [3.63, 3.8) is 0 Å². The number of carbonyl (C=O) groups is 1. The van der Waals surface area contributed by atoms with Gasteiger partial charge < -0.3 is 14.4 Å². The molecule has 3 aliphatic rings. The second-order valence-corrected chi connectivity index (χ2v) is 6.65. The lowest BCUT2D eigenvalue weighted by molar-refractivity contribution is -0.250. The Morgan fingerprint density at radius 1 is 1.26 bits per heavy atom. The first-order valence-corrected chi connectivity index (χ1v) is 7.49. The number of esters is 1. The van der Waals surface area contributed by atoms with Crippen LogP contribution in [0.1, 0.15) is 32.1 Å². The monoisotopic (exact) mass is 267 g/mol. The fourth-order valence-corrected chi connectivity index (χ4v) is 4.42. The zero-order valence-corrected chi connectivity index (χ0v) is 12.1. The molecule has 19 heavy (non-hydrogen) atoms. The Morgan fingerprint density at radius 3 is 2.26 bits per heavy atom. The fourth-order valence-electron chi connectivity index (χ4n) is 4.42. The zero-order valence-electron chi connectivity index (χ0n) is 12.1. The van der Waals surface area contributed by atoms with E-state index in [-0.39, 0.29) is 16.8 Å². The molecule has 1 saturated carbocycles. The van der Waals surface area contributed by atoms with E-state index in [0.29, 0.717) is 5.92 Å². The third-order valence-corrected chi connectivity index (χ3v) is 5.96. The summed E-state index contributed by atoms with van der Waals surface area (Å²) in [5, 5.41) is 0. The van der Waals surface area contributed by atoms with Crippen molar-refractivity contribution in [1.29, 1.82) is 0 Å². The van der Waals surface area contributed by atoms with Crippen LogP contribution in [0.3, 0.4) is 0 Å². The first kappa shape index (κ1) is 13.4. The van der Waals surface area contributed by atoms with E-state index in [1.165, 1.54) is 20.0 Å². The van der Waals surface area contributed by atoms with Crippen LogP contribution in [0.5, 0.6) is 0 Å². The number of hydrogen-bond donors (Lipinski definition) is 0. The van der Waals surface area contributed by atoms with Crippen molar-refractivity contribution in [2.24, 2.45) is 16.7 Å². The molecule has 1 aliphatic carbocycles. The van der Waals surface area contributed by atoms with Gasteiger partial charge in [-0.25, -0.2) is 0 Å². The molecule has 0 spiro atoms. The van der Waals surface area contributed by atoms with Gasteiger partial charge in [0, 0.05) is 5.41 Å². The summed E-state index contributed by atoms with van der Waals surface area (Å²) in [6, 6.07) is 0. The smallest absolute Gasteiger partial charge is 0.312 e. The molecule has 3 rings (SSSR count). The van der Waals surface area contributed by atoms with Crippen LogP contribution in [-0.2, 0) is 14.3 Å². The van der Waals surface area contributed by atoms with Crippen molar-refractivity contribution in [3.05, 3.63) is 0 Å². The van der Waals surface area contributed by atoms with Crippen LogP contribution >= 0.6 is 0 Å². The van der Waals surface area contributed by atoms with Crippen LogP contribution in [0.4, 0.5) is 0 Å². The highest BCUT2D eigenvalue weighted by atomic mass is 16.5. The Balaban J connectivity index is 1.84. The second-order valence-electron chi connectivity index (χ2n) is 6.65. The molecular weight excluding hydrogens is 242 g/mol. The molecular formula is C15H25NO3. The lowest BCUT2D eigenvalue weighted by Gasteiger charge is -2.62. The molecule has 0 amide bonds. The van der Waals surface area contributed by atoms with E-state index >= 15 is 0 Å². The summed E-state index contributed by atoms with van der Waals surface area (Å²) in [5.74, 6) is 0.637. The van der Waals surface area contributed by atoms with Gasteiger partial charge in [-0.3, -0.25) is 4.79 Å². The van der Waals surface area contributed by atoms with E-state index in [1.807, 2.05) is 0 Å². The highest BCUT2D eigenvalue weighted by molar-refractivity contribution is 5.79. The van der Waals surface area contributed by atoms with Gasteiger partial charge in [-0.2, -0.15) is 0 Å². The highest BCUT2D eigenvalue weighted by Gasteiger charge is 2.66. The third-order valence-electron chi connectivity index (χ3n) is 5.96. The normalized spacial score (nSPS) is 30.2. The van der Waals surface area contributed by atoms with Crippen molar-refractivity contribution in [1.82, 2.24) is 4.90 Å². The first-order chi connectivity index (χ1) is 9.14. The molecule has 0 radical (unpaired) electrons. The van der Waals surface area contributed by atoms with E-state index in [9.17, 15) is 4.79 Å². The summed E-state index contributed by atoms with van der Waals surface area (Å²) >= 11 is 0. The Bertz CT molecular complexity index is 352. The third kappa shape index (κ3) is 1.76. The minimum Gasteiger partial charge on any atom is -0.469 e. The van der Waals surface area contributed by atoms with Crippen LogP contribution < -0.4 is 0 Å². The van der Waals surface area contributed by atoms with Crippen molar-refractivity contribution in [3.8, 4) is 0 Å². The largest absolute Gasteiger partial charge is 0.469 e. The minimum atomic E-state index is -0.236. The second kappa shape index (κ2) is 4.74. The Labute approximate surface area is 115 Å². The van der Waals surface area contributed by atoms with E-state index in [0.717, 1.165) is 45.6 Å². The maximum atomic E-state index is 12.4. The summed E-state index contributed by atoms with van der Waals surface area (Å²) in [6.07, 6.45) is 5.53. The van der Waals surface area contributed by atoms with Gasteiger partial charge in [0.15, 0.2) is 0 Å². The molecule has 4 nitrogen and oxygen atoms in total. The number of ether oxygens (including phenoxy) is 2. The van der Waals surface area contributed by atoms with Gasteiger partial charge in [-0.05, 0) is 51.7 Å². The van der Waals surface area contributed by atoms with Crippen molar-refractivity contribution in [2.75, 3.05) is 40.5 Å². The van der Waals surface area contributed by atoms with E-state index in [4.69, 9.17) is 9.47 Å². The molecule has 0 aromatic carbocycles. The zero-order chi connectivity index (χ0) is 13.5. The Morgan fingerprint density at radius 2 is 1.89 bits per heavy atom. The predicted octanol–water partition coefficient (Wildman–Crippen LogP) is 1.69. The summed E-state index contributed by atoms with van der Waals surface area (Å²) < 4.78 is 10.7. The topological polar surface area (TPSA) is 38.8 Å². The number of hydrogen-bond acceptors (Lipinski definition) is 4. The average molecular weight is 267 g/mol. The van der Waals surface area contributed by atoms with Gasteiger partial charge in [0.2, 0.25) is 0 Å². The van der Waals surface area contributed by atoms with Gasteiger partial charge in [0.05, 0.1) is 25.7 Å². The van der Waals surface area contributed by atoms with Crippen LogP contribution in [-0.4, -0.2) is 51.3 Å². The summed E-state index contributed by atoms with van der Waals surface area (Å²) in [5.41, 5.74) is -0.166. The molecule has 0 unspecified atom stereocenters. The van der Waals surface area contributed by atoms with Crippen LogP contribution in [0.25, 0.3) is 0 Å². The molecule has 0 aromatic rings. The predicted molar refractivity (Wildman–Crippen MR) is 71.8 cm³/mol. The quantitative estimate of drug-likeness (QED) is 0.729. The van der Waals surface area contributed by atoms with Crippen molar-refractivity contribution < 1.29 is 14.3 Å². The maximum absolute atomic E-state index is 12.4. The van der Waals surface area contributed by atoms with Crippen LogP contribution in [0.15, 0.2) is 0 Å². The number of likely N-dealkylation sites (tertiary alicyclic amines) is 1. The summed E-state index contributed by atoms with van der Waals surface area (Å²) in [6.45, 7) is 3.81. The molecule has 0 aromatic heterocycles. The molecule has 2 aliphatic heterocycles. The Hall–Kier alpha value is -0.610. The number of nitrogens with zero attached hydrogens (tertiary/aromatic N) is 1. The number of piperidine rings is 1. The van der Waals surface area contributed by atoms with Gasteiger partial charge >= 0.3 is 5.97 Å². The molecule has 0 bridgehead atoms. The number of carbonyl (C=O) groups excluding carboxylic acids is 1. The minimum absolute atomic E-state index is 0.0148. The fraction of sp³-hybridized carbons (Fsp3) is 0.933. The molecule has 2 saturated heterocycles. The number of methoxy groups -OCH3 is 1. The lowest BCUT2D eigenvalue weighted by Crippen LogP contribution is -2.66. The first-order valence-electron chi connectivity index (χ1n) is 7.49. The molecule has 0 atom stereocenters. The summed E-state index contributed by atoms with van der Waals surface area (Å²) in [4.78, 5) is 14.8. The highest BCUT2D eigenvalue weighted by Crippen LogP contribution is 2.62. The van der Waals surface area contributed by atoms with Gasteiger partial charge in [-0.1, -0.05) is 6.42 Å². The maximum Gasteiger partial charge on any atom is 0.312 e. The van der Waals surface area contributed by atoms with E-state index in [2.05, 4.69) is 11.9 Å². The molecule has 2 heterocycles.